The van der Waals surface area contributed by atoms with Crippen molar-refractivity contribution in [2.24, 2.45) is 4.99 Å². The molecular weight excluding hydrogens is 302 g/mol. The van der Waals surface area contributed by atoms with Gasteiger partial charge in [-0.25, -0.2) is 0 Å². The van der Waals surface area contributed by atoms with Crippen molar-refractivity contribution in [2.75, 3.05) is 14.2 Å². The summed E-state index contributed by atoms with van der Waals surface area (Å²) >= 11 is 0. The van der Waals surface area contributed by atoms with Gasteiger partial charge in [-0.3, -0.25) is 4.99 Å². The largest absolute Gasteiger partial charge is 0.497 e. The van der Waals surface area contributed by atoms with Crippen LogP contribution in [0.5, 0.6) is 11.5 Å². The van der Waals surface area contributed by atoms with Gasteiger partial charge in [0.25, 0.3) is 0 Å². The van der Waals surface area contributed by atoms with Crippen LogP contribution in [0, 0.1) is 0 Å². The van der Waals surface area contributed by atoms with Gasteiger partial charge in [-0.15, -0.1) is 0 Å². The second kappa shape index (κ2) is 7.46. The highest BCUT2D eigenvalue weighted by molar-refractivity contribution is 6.77. The van der Waals surface area contributed by atoms with E-state index in [0.717, 1.165) is 17.1 Å². The molecule has 122 valence electrons. The fourth-order valence-electron chi connectivity index (χ4n) is 2.45. The third-order valence-electron chi connectivity index (χ3n) is 3.74. The summed E-state index contributed by atoms with van der Waals surface area (Å²) in [5, 5.41) is 0. The molecule has 0 amide bonds. The minimum absolute atomic E-state index is 0.218. The summed E-state index contributed by atoms with van der Waals surface area (Å²) in [4.78, 5) is 4.90. The molecule has 0 saturated carbocycles. The highest BCUT2D eigenvalue weighted by atomic mass is 28.3. The Kier molecular flexibility index (Phi) is 5.61. The van der Waals surface area contributed by atoms with Gasteiger partial charge in [0.2, 0.25) is 0 Å². The summed E-state index contributed by atoms with van der Waals surface area (Å²) in [6.07, 6.45) is 1.96. The Bertz CT molecular complexity index is 643. The molecule has 0 bridgehead atoms. The molecule has 0 aromatic heterocycles. The normalized spacial score (nSPS) is 13.1. The van der Waals surface area contributed by atoms with Crippen LogP contribution in [-0.2, 0) is 0 Å². The summed E-state index contributed by atoms with van der Waals surface area (Å²) in [6.45, 7) is 7.02. The average molecular weight is 328 g/mol. The van der Waals surface area contributed by atoms with E-state index in [1.807, 2.05) is 42.6 Å². The zero-order chi connectivity index (χ0) is 16.9. The van der Waals surface area contributed by atoms with E-state index >= 15 is 0 Å². The summed E-state index contributed by atoms with van der Waals surface area (Å²) in [5.74, 6) is 1.74. The van der Waals surface area contributed by atoms with Crippen LogP contribution in [0.1, 0.15) is 16.8 Å². The van der Waals surface area contributed by atoms with Gasteiger partial charge in [-0.2, -0.15) is 0 Å². The van der Waals surface area contributed by atoms with E-state index in [9.17, 15) is 0 Å². The summed E-state index contributed by atoms with van der Waals surface area (Å²) < 4.78 is 10.4. The van der Waals surface area contributed by atoms with E-state index in [0.29, 0.717) is 0 Å². The first-order valence-corrected chi connectivity index (χ1v) is 11.3. The van der Waals surface area contributed by atoms with E-state index in [1.54, 1.807) is 14.2 Å². The maximum absolute atomic E-state index is 5.25. The van der Waals surface area contributed by atoms with Crippen molar-refractivity contribution in [3.05, 3.63) is 59.7 Å². The highest BCUT2D eigenvalue weighted by Gasteiger charge is 2.27. The number of rotatable bonds is 6. The SMILES string of the molecule is COc1ccc(/C=N/C(c2ccc(OC)cc2)[Si](C)(C)C)cc1. The molecule has 0 aliphatic rings. The van der Waals surface area contributed by atoms with Gasteiger partial charge < -0.3 is 9.47 Å². The molecule has 2 aromatic carbocycles. The lowest BCUT2D eigenvalue weighted by molar-refractivity contribution is 0.414. The lowest BCUT2D eigenvalue weighted by Crippen LogP contribution is -2.29. The Morgan fingerprint density at radius 3 is 1.74 bits per heavy atom. The summed E-state index contributed by atoms with van der Waals surface area (Å²) in [7, 11) is 1.87. The predicted molar refractivity (Wildman–Crippen MR) is 99.7 cm³/mol. The van der Waals surface area contributed by atoms with Crippen molar-refractivity contribution < 1.29 is 9.47 Å². The molecule has 1 unspecified atom stereocenters. The smallest absolute Gasteiger partial charge is 0.118 e. The van der Waals surface area contributed by atoms with Crippen LogP contribution in [-0.4, -0.2) is 28.5 Å². The van der Waals surface area contributed by atoms with Crippen molar-refractivity contribution in [3.8, 4) is 11.5 Å². The Balaban J connectivity index is 2.25. The molecule has 0 spiro atoms. The molecule has 0 aliphatic carbocycles. The van der Waals surface area contributed by atoms with Crippen LogP contribution in [0.4, 0.5) is 0 Å². The number of ether oxygens (including phenoxy) is 2. The first-order chi connectivity index (χ1) is 10.9. The van der Waals surface area contributed by atoms with Gasteiger partial charge in [0.05, 0.1) is 28.0 Å². The zero-order valence-electron chi connectivity index (χ0n) is 14.5. The third kappa shape index (κ3) is 4.70. The molecule has 2 aromatic rings. The molecule has 1 atom stereocenters. The molecule has 0 N–H and O–H groups in total. The lowest BCUT2D eigenvalue weighted by Gasteiger charge is -2.26. The second-order valence-electron chi connectivity index (χ2n) is 6.59. The molecule has 0 saturated heterocycles. The Hall–Kier alpha value is -2.07. The summed E-state index contributed by atoms with van der Waals surface area (Å²) in [6, 6.07) is 16.2. The molecule has 0 heterocycles. The van der Waals surface area contributed by atoms with Gasteiger partial charge >= 0.3 is 0 Å². The van der Waals surface area contributed by atoms with E-state index in [2.05, 4.69) is 31.8 Å². The first-order valence-electron chi connectivity index (χ1n) is 7.75. The zero-order valence-corrected chi connectivity index (χ0v) is 15.5. The molecule has 2 rings (SSSR count). The van der Waals surface area contributed by atoms with Crippen LogP contribution < -0.4 is 9.47 Å². The summed E-state index contributed by atoms with van der Waals surface area (Å²) in [5.41, 5.74) is 2.55. The number of methoxy groups -OCH3 is 2. The van der Waals surface area contributed by atoms with Gasteiger partial charge in [-0.05, 0) is 47.5 Å². The highest BCUT2D eigenvalue weighted by Crippen LogP contribution is 2.29. The van der Waals surface area contributed by atoms with Crippen molar-refractivity contribution >= 4 is 14.3 Å². The van der Waals surface area contributed by atoms with Gasteiger partial charge in [0.15, 0.2) is 0 Å². The molecular formula is C19H25NO2Si. The topological polar surface area (TPSA) is 30.8 Å². The Labute approximate surface area is 140 Å². The number of benzene rings is 2. The van der Waals surface area contributed by atoms with Crippen LogP contribution in [0.15, 0.2) is 53.5 Å². The van der Waals surface area contributed by atoms with Crippen molar-refractivity contribution in [3.63, 3.8) is 0 Å². The van der Waals surface area contributed by atoms with E-state index in [1.165, 1.54) is 5.56 Å². The van der Waals surface area contributed by atoms with Crippen molar-refractivity contribution in [2.45, 2.75) is 25.3 Å². The molecule has 0 fully saturated rings. The van der Waals surface area contributed by atoms with Gasteiger partial charge in [-0.1, -0.05) is 31.8 Å². The number of aliphatic imine (C=N–C) groups is 1. The minimum Gasteiger partial charge on any atom is -0.497 e. The molecule has 4 heteroatoms. The quantitative estimate of drug-likeness (QED) is 0.566. The van der Waals surface area contributed by atoms with Crippen LogP contribution in [0.2, 0.25) is 19.6 Å². The maximum atomic E-state index is 5.25. The predicted octanol–water partition coefficient (Wildman–Crippen LogP) is 4.74. The second-order valence-corrected chi connectivity index (χ2v) is 11.9. The molecule has 0 radical (unpaired) electrons. The fourth-order valence-corrected chi connectivity index (χ4v) is 4.16. The minimum atomic E-state index is -1.49. The van der Waals surface area contributed by atoms with Gasteiger partial charge in [0.1, 0.15) is 11.5 Å². The Morgan fingerprint density at radius 2 is 1.30 bits per heavy atom. The van der Waals surface area contributed by atoms with Crippen molar-refractivity contribution in [1.29, 1.82) is 0 Å². The number of hydrogen-bond donors (Lipinski definition) is 0. The fraction of sp³-hybridized carbons (Fsp3) is 0.316. The van der Waals surface area contributed by atoms with Crippen LogP contribution >= 0.6 is 0 Å². The standard InChI is InChI=1S/C19H25NO2Si/c1-21-17-10-6-15(7-11-17)14-20-19(23(3,4)5)16-8-12-18(22-2)13-9-16/h6-14,19H,1-5H3/b20-14+. The van der Waals surface area contributed by atoms with Crippen LogP contribution in [0.25, 0.3) is 0 Å². The third-order valence-corrected chi connectivity index (χ3v) is 5.86. The molecule has 3 nitrogen and oxygen atoms in total. The van der Waals surface area contributed by atoms with Crippen molar-refractivity contribution in [1.82, 2.24) is 0 Å². The monoisotopic (exact) mass is 327 g/mol. The van der Waals surface area contributed by atoms with E-state index in [4.69, 9.17) is 14.5 Å². The average Bonchev–Trinajstić information content (AvgIpc) is 2.55. The van der Waals surface area contributed by atoms with E-state index < -0.39 is 8.07 Å². The maximum Gasteiger partial charge on any atom is 0.118 e. The molecule has 23 heavy (non-hydrogen) atoms. The Morgan fingerprint density at radius 1 is 0.826 bits per heavy atom. The first kappa shape index (κ1) is 17.3. The lowest BCUT2D eigenvalue weighted by atomic mass is 10.2. The number of hydrogen-bond acceptors (Lipinski definition) is 3. The number of nitrogens with zero attached hydrogens (tertiary/aromatic N) is 1. The van der Waals surface area contributed by atoms with Gasteiger partial charge in [0, 0.05) is 6.21 Å². The van der Waals surface area contributed by atoms with Crippen LogP contribution in [0.3, 0.4) is 0 Å². The molecule has 0 aliphatic heterocycles. The van der Waals surface area contributed by atoms with E-state index in [-0.39, 0.29) is 5.67 Å².